The Morgan fingerprint density at radius 2 is 2.00 bits per heavy atom. The molecule has 2 aromatic heterocycles. The van der Waals surface area contributed by atoms with Crippen LogP contribution >= 0.6 is 0 Å². The zero-order valence-electron chi connectivity index (χ0n) is 13.9. The fourth-order valence-corrected chi connectivity index (χ4v) is 4.23. The van der Waals surface area contributed by atoms with Gasteiger partial charge in [-0.05, 0) is 37.3 Å². The van der Waals surface area contributed by atoms with E-state index in [0.717, 1.165) is 32.4 Å². The summed E-state index contributed by atoms with van der Waals surface area (Å²) in [7, 11) is 2.08. The van der Waals surface area contributed by atoms with Crippen LogP contribution in [-0.4, -0.2) is 33.4 Å². The maximum atomic E-state index is 12.5. The van der Waals surface area contributed by atoms with Crippen molar-refractivity contribution in [3.63, 3.8) is 0 Å². The molecule has 4 nitrogen and oxygen atoms in total. The van der Waals surface area contributed by atoms with Gasteiger partial charge in [0.25, 0.3) is 0 Å². The molecule has 0 bridgehead atoms. The minimum atomic E-state index is 0.305. The predicted octanol–water partition coefficient (Wildman–Crippen LogP) is 3.15. The lowest BCUT2D eigenvalue weighted by Gasteiger charge is -2.41. The second-order valence-corrected chi connectivity index (χ2v) is 7.27. The van der Waals surface area contributed by atoms with Gasteiger partial charge in [0.1, 0.15) is 0 Å². The van der Waals surface area contributed by atoms with Crippen LogP contribution in [0.25, 0.3) is 10.9 Å². The number of aryl methyl sites for hydroxylation is 1. The topological polar surface area (TPSA) is 38.1 Å². The molecule has 4 heteroatoms. The molecule has 0 aromatic carbocycles. The van der Waals surface area contributed by atoms with Crippen LogP contribution in [0.15, 0.2) is 24.5 Å². The third kappa shape index (κ3) is 2.75. The van der Waals surface area contributed by atoms with Crippen molar-refractivity contribution in [3.05, 3.63) is 30.2 Å². The summed E-state index contributed by atoms with van der Waals surface area (Å²) in [5.74, 6) is 1.28. The van der Waals surface area contributed by atoms with Crippen LogP contribution in [0.1, 0.15) is 37.8 Å². The van der Waals surface area contributed by atoms with E-state index in [1.165, 1.54) is 35.9 Å². The quantitative estimate of drug-likeness (QED) is 0.873. The van der Waals surface area contributed by atoms with E-state index in [1.54, 1.807) is 0 Å². The second kappa shape index (κ2) is 5.99. The number of carbonyl (C=O) groups excluding carboxylic acids is 1. The van der Waals surface area contributed by atoms with Crippen molar-refractivity contribution >= 4 is 16.8 Å². The number of carbonyl (C=O) groups is 1. The highest BCUT2D eigenvalue weighted by Gasteiger charge is 2.35. The average Bonchev–Trinajstić information content (AvgIpc) is 2.93. The number of nitrogens with zero attached hydrogens (tertiary/aromatic N) is 3. The van der Waals surface area contributed by atoms with Gasteiger partial charge in [0.05, 0.1) is 11.2 Å². The number of fused-ring (bicyclic) bond motifs is 1. The van der Waals surface area contributed by atoms with Crippen LogP contribution in [0.3, 0.4) is 0 Å². The molecule has 2 aromatic rings. The van der Waals surface area contributed by atoms with E-state index in [9.17, 15) is 4.79 Å². The summed E-state index contributed by atoms with van der Waals surface area (Å²) in [5, 5.41) is 1.26. The first-order valence-corrected chi connectivity index (χ1v) is 8.90. The molecule has 0 atom stereocenters. The van der Waals surface area contributed by atoms with E-state index in [4.69, 9.17) is 0 Å². The molecule has 1 saturated heterocycles. The first-order chi connectivity index (χ1) is 11.2. The largest absolute Gasteiger partial charge is 0.349 e. The van der Waals surface area contributed by atoms with Crippen LogP contribution < -0.4 is 0 Å². The maximum absolute atomic E-state index is 12.5. The zero-order valence-corrected chi connectivity index (χ0v) is 13.9. The molecule has 0 radical (unpaired) electrons. The van der Waals surface area contributed by atoms with Gasteiger partial charge < -0.3 is 9.47 Å². The Bertz CT molecular complexity index is 708. The van der Waals surface area contributed by atoms with E-state index in [-0.39, 0.29) is 0 Å². The van der Waals surface area contributed by atoms with Gasteiger partial charge in [-0.2, -0.15) is 0 Å². The third-order valence-corrected chi connectivity index (χ3v) is 5.57. The highest BCUT2D eigenvalue weighted by atomic mass is 16.2. The Hall–Kier alpha value is -1.84. The lowest BCUT2D eigenvalue weighted by Crippen LogP contribution is -2.53. The van der Waals surface area contributed by atoms with Crippen molar-refractivity contribution in [2.75, 3.05) is 13.1 Å². The van der Waals surface area contributed by atoms with Gasteiger partial charge in [-0.1, -0.05) is 19.3 Å². The van der Waals surface area contributed by atoms with Gasteiger partial charge >= 0.3 is 0 Å². The first kappa shape index (κ1) is 14.7. The van der Waals surface area contributed by atoms with Crippen molar-refractivity contribution < 1.29 is 4.79 Å². The van der Waals surface area contributed by atoms with Crippen LogP contribution in [0, 0.1) is 11.8 Å². The Kier molecular flexibility index (Phi) is 3.83. The average molecular weight is 311 g/mol. The maximum Gasteiger partial charge on any atom is 0.225 e. The summed E-state index contributed by atoms with van der Waals surface area (Å²) in [6, 6.07) is 4.21. The van der Waals surface area contributed by atoms with E-state index in [0.29, 0.717) is 17.7 Å². The molecule has 0 unspecified atom stereocenters. The molecule has 1 amide bonds. The summed E-state index contributed by atoms with van der Waals surface area (Å²) in [4.78, 5) is 19.2. The Balaban J connectivity index is 1.38. The lowest BCUT2D eigenvalue weighted by atomic mass is 9.85. The van der Waals surface area contributed by atoms with E-state index >= 15 is 0 Å². The van der Waals surface area contributed by atoms with Gasteiger partial charge in [-0.15, -0.1) is 0 Å². The van der Waals surface area contributed by atoms with E-state index in [2.05, 4.69) is 39.8 Å². The molecule has 0 spiro atoms. The summed E-state index contributed by atoms with van der Waals surface area (Å²) in [6.07, 6.45) is 10.9. The molecule has 4 rings (SSSR count). The second-order valence-electron chi connectivity index (χ2n) is 7.27. The first-order valence-electron chi connectivity index (χ1n) is 8.90. The van der Waals surface area contributed by atoms with Crippen molar-refractivity contribution in [1.29, 1.82) is 0 Å². The molecule has 2 fully saturated rings. The summed E-state index contributed by atoms with van der Waals surface area (Å²) >= 11 is 0. The van der Waals surface area contributed by atoms with Gasteiger partial charge in [0.15, 0.2) is 0 Å². The zero-order chi connectivity index (χ0) is 15.8. The molecule has 23 heavy (non-hydrogen) atoms. The minimum Gasteiger partial charge on any atom is -0.349 e. The number of rotatable bonds is 3. The number of pyridine rings is 1. The molecule has 2 aliphatic rings. The Morgan fingerprint density at radius 3 is 2.78 bits per heavy atom. The van der Waals surface area contributed by atoms with Crippen molar-refractivity contribution in [2.24, 2.45) is 18.9 Å². The molecule has 1 aliphatic carbocycles. The van der Waals surface area contributed by atoms with Crippen molar-refractivity contribution in [1.82, 2.24) is 14.5 Å². The molecule has 3 heterocycles. The monoisotopic (exact) mass is 311 g/mol. The van der Waals surface area contributed by atoms with E-state index < -0.39 is 0 Å². The summed E-state index contributed by atoms with van der Waals surface area (Å²) in [5.41, 5.74) is 2.41. The highest BCUT2D eigenvalue weighted by Crippen LogP contribution is 2.30. The fourth-order valence-electron chi connectivity index (χ4n) is 4.23. The smallest absolute Gasteiger partial charge is 0.225 e. The molecular formula is C19H25N3O. The van der Waals surface area contributed by atoms with Crippen molar-refractivity contribution in [3.8, 4) is 0 Å². The van der Waals surface area contributed by atoms with Crippen LogP contribution in [0.2, 0.25) is 0 Å². The molecule has 1 saturated carbocycles. The summed E-state index contributed by atoms with van der Waals surface area (Å²) < 4.78 is 2.15. The van der Waals surface area contributed by atoms with Crippen LogP contribution in [-0.2, 0) is 18.3 Å². The SMILES string of the molecule is Cn1ccc2ccnc(CC3CN(C(=O)C4CCCCC4)C3)c21. The van der Waals surface area contributed by atoms with E-state index in [1.807, 2.05) is 6.20 Å². The summed E-state index contributed by atoms with van der Waals surface area (Å²) in [6.45, 7) is 1.83. The van der Waals surface area contributed by atoms with Gasteiger partial charge in [0.2, 0.25) is 5.91 Å². The Labute approximate surface area is 137 Å². The Morgan fingerprint density at radius 1 is 1.22 bits per heavy atom. The van der Waals surface area contributed by atoms with Crippen molar-refractivity contribution in [2.45, 2.75) is 38.5 Å². The standard InChI is InChI=1S/C19H25N3O/c1-21-10-8-15-7-9-20-17(18(15)21)11-14-12-22(13-14)19(23)16-5-3-2-4-6-16/h7-10,14,16H,2-6,11-13H2,1H3. The van der Waals surface area contributed by atoms with Crippen LogP contribution in [0.5, 0.6) is 0 Å². The highest BCUT2D eigenvalue weighted by molar-refractivity contribution is 5.82. The molecule has 122 valence electrons. The third-order valence-electron chi connectivity index (χ3n) is 5.57. The van der Waals surface area contributed by atoms with Crippen LogP contribution in [0.4, 0.5) is 0 Å². The number of amides is 1. The number of likely N-dealkylation sites (tertiary alicyclic amines) is 1. The normalized spacial score (nSPS) is 20.0. The number of hydrogen-bond acceptors (Lipinski definition) is 2. The number of hydrogen-bond donors (Lipinski definition) is 0. The van der Waals surface area contributed by atoms with Gasteiger partial charge in [-0.25, -0.2) is 0 Å². The predicted molar refractivity (Wildman–Crippen MR) is 91.1 cm³/mol. The minimum absolute atomic E-state index is 0.305. The molecule has 0 N–H and O–H groups in total. The van der Waals surface area contributed by atoms with Gasteiger partial charge in [-0.3, -0.25) is 9.78 Å². The molecule has 1 aliphatic heterocycles. The van der Waals surface area contributed by atoms with Gasteiger partial charge in [0, 0.05) is 43.8 Å². The lowest BCUT2D eigenvalue weighted by molar-refractivity contribution is -0.143. The number of aromatic nitrogens is 2. The molecular weight excluding hydrogens is 286 g/mol. The fraction of sp³-hybridized carbons (Fsp3) is 0.579.